The Morgan fingerprint density at radius 1 is 1.22 bits per heavy atom. The van der Waals surface area contributed by atoms with Gasteiger partial charge in [-0.3, -0.25) is 14.4 Å². The van der Waals surface area contributed by atoms with Crippen molar-refractivity contribution in [1.82, 2.24) is 5.32 Å². The number of phenolic OH excluding ortho intramolecular Hbond substituents is 1. The summed E-state index contributed by atoms with van der Waals surface area (Å²) in [6, 6.07) is 2.31. The van der Waals surface area contributed by atoms with Gasteiger partial charge in [-0.15, -0.1) is 0 Å². The monoisotopic (exact) mass is 519 g/mol. The van der Waals surface area contributed by atoms with Crippen molar-refractivity contribution in [3.05, 3.63) is 22.8 Å². The number of ketones is 2. The number of primary amides is 1. The summed E-state index contributed by atoms with van der Waals surface area (Å²) in [5.74, 6) is -3.27. The van der Waals surface area contributed by atoms with Crippen LogP contribution in [0.4, 0.5) is 5.69 Å². The minimum absolute atomic E-state index is 0.00330. The van der Waals surface area contributed by atoms with Crippen LogP contribution in [0.25, 0.3) is 0 Å². The molecule has 2 aliphatic rings. The van der Waals surface area contributed by atoms with Crippen molar-refractivity contribution in [2.75, 3.05) is 32.2 Å². The number of hydrogen-bond donors (Lipinski definition) is 6. The van der Waals surface area contributed by atoms with E-state index in [2.05, 4.69) is 5.32 Å². The molecule has 0 aromatic heterocycles. The summed E-state index contributed by atoms with van der Waals surface area (Å²) in [4.78, 5) is 39.1. The lowest BCUT2D eigenvalue weighted by Crippen LogP contribution is -2.51. The Morgan fingerprint density at radius 2 is 1.89 bits per heavy atom. The van der Waals surface area contributed by atoms with Crippen molar-refractivity contribution < 1.29 is 34.8 Å². The van der Waals surface area contributed by atoms with Gasteiger partial charge >= 0.3 is 0 Å². The Kier molecular flexibility index (Phi) is 9.68. The maximum Gasteiger partial charge on any atom is 0.224 e. The summed E-state index contributed by atoms with van der Waals surface area (Å²) < 4.78 is 0. The summed E-state index contributed by atoms with van der Waals surface area (Å²) in [5, 5.41) is 45.1. The van der Waals surface area contributed by atoms with Gasteiger partial charge < -0.3 is 36.4 Å². The molecule has 0 spiro atoms. The summed E-state index contributed by atoms with van der Waals surface area (Å²) >= 11 is 0. The summed E-state index contributed by atoms with van der Waals surface area (Å²) in [7, 11) is 3.74. The number of rotatable bonds is 13. The van der Waals surface area contributed by atoms with E-state index in [-0.39, 0.29) is 43.3 Å². The van der Waals surface area contributed by atoms with Crippen LogP contribution < -0.4 is 16.0 Å². The summed E-state index contributed by atoms with van der Waals surface area (Å²) in [6.07, 6.45) is 4.49. The molecular weight excluding hydrogens is 478 g/mol. The van der Waals surface area contributed by atoms with Gasteiger partial charge in [0.15, 0.2) is 11.6 Å². The summed E-state index contributed by atoms with van der Waals surface area (Å²) in [5.41, 5.74) is 5.36. The highest BCUT2D eigenvalue weighted by molar-refractivity contribution is 6.03. The fourth-order valence-electron chi connectivity index (χ4n) is 5.93. The second-order valence-corrected chi connectivity index (χ2v) is 10.8. The largest absolute Gasteiger partial charge is 0.507 e. The first kappa shape index (κ1) is 29.0. The van der Waals surface area contributed by atoms with Crippen molar-refractivity contribution in [2.45, 2.75) is 76.0 Å². The molecule has 3 atom stereocenters. The van der Waals surface area contributed by atoms with Crippen molar-refractivity contribution in [3.63, 3.8) is 0 Å². The van der Waals surface area contributed by atoms with Gasteiger partial charge in [0, 0.05) is 51.0 Å². The van der Waals surface area contributed by atoms with Crippen LogP contribution in [0.3, 0.4) is 0 Å². The standard InChI is InChI=1S/C27H41N3O7/c1-30(2)21-12-17(14-29-19-5-3-4-6-19)26(36)25-20(21)10-16(11-22(25)33)9-18(7-8-31)27(37,15-32)23(34)13-24(28)35/h12,16,18-19,29,31-32,36-37H,3-11,13-15H2,1-2H3,(H2,28,35)/t16-,18-,27-/m1/s1. The molecule has 0 saturated heterocycles. The number of phenols is 1. The van der Waals surface area contributed by atoms with Crippen LogP contribution in [0, 0.1) is 11.8 Å². The average molecular weight is 520 g/mol. The van der Waals surface area contributed by atoms with Crippen molar-refractivity contribution in [2.24, 2.45) is 17.6 Å². The first-order chi connectivity index (χ1) is 17.5. The van der Waals surface area contributed by atoms with Gasteiger partial charge in [0.1, 0.15) is 11.4 Å². The molecule has 1 aromatic carbocycles. The van der Waals surface area contributed by atoms with Crippen LogP contribution in [-0.2, 0) is 22.6 Å². The zero-order valence-electron chi connectivity index (χ0n) is 21.8. The van der Waals surface area contributed by atoms with Crippen molar-refractivity contribution in [3.8, 4) is 5.75 Å². The number of aromatic hydroxyl groups is 1. The first-order valence-corrected chi connectivity index (χ1v) is 13.1. The predicted octanol–water partition coefficient (Wildman–Crippen LogP) is 0.792. The number of nitrogens with one attached hydrogen (secondary N) is 1. The number of nitrogens with two attached hydrogens (primary N) is 1. The number of nitrogens with zero attached hydrogens (tertiary/aromatic N) is 1. The molecule has 0 bridgehead atoms. The average Bonchev–Trinajstić information content (AvgIpc) is 3.35. The second-order valence-electron chi connectivity index (χ2n) is 10.8. The van der Waals surface area contributed by atoms with Gasteiger partial charge in [-0.1, -0.05) is 12.8 Å². The number of benzene rings is 1. The highest BCUT2D eigenvalue weighted by Gasteiger charge is 2.45. The number of aliphatic hydroxyl groups excluding tert-OH is 2. The van der Waals surface area contributed by atoms with Gasteiger partial charge in [0.2, 0.25) is 5.91 Å². The Morgan fingerprint density at radius 3 is 2.46 bits per heavy atom. The molecule has 1 aromatic rings. The molecule has 0 aliphatic heterocycles. The normalized spacial score (nSPS) is 20.4. The number of aliphatic hydroxyl groups is 3. The third-order valence-corrected chi connectivity index (χ3v) is 7.96. The molecule has 1 amide bonds. The Balaban J connectivity index is 1.88. The third kappa shape index (κ3) is 6.49. The number of amides is 1. The smallest absolute Gasteiger partial charge is 0.224 e. The molecule has 2 aliphatic carbocycles. The van der Waals surface area contributed by atoms with E-state index in [1.807, 2.05) is 25.1 Å². The van der Waals surface area contributed by atoms with Gasteiger partial charge in [-0.2, -0.15) is 0 Å². The lowest BCUT2D eigenvalue weighted by atomic mass is 9.71. The van der Waals surface area contributed by atoms with E-state index in [0.717, 1.165) is 18.5 Å². The minimum Gasteiger partial charge on any atom is -0.507 e. The quantitative estimate of drug-likeness (QED) is 0.206. The highest BCUT2D eigenvalue weighted by atomic mass is 16.3. The lowest BCUT2D eigenvalue weighted by molar-refractivity contribution is -0.153. The number of fused-ring (bicyclic) bond motifs is 1. The Labute approximate surface area is 217 Å². The first-order valence-electron chi connectivity index (χ1n) is 13.1. The van der Waals surface area contributed by atoms with Crippen LogP contribution in [0.15, 0.2) is 6.07 Å². The maximum atomic E-state index is 13.4. The van der Waals surface area contributed by atoms with Gasteiger partial charge in [0.25, 0.3) is 0 Å². The SMILES string of the molecule is CN(C)c1cc(CNC2CCCC2)c(O)c2c1C[C@@H](C[C@@H](CCO)[C@](O)(CO)C(=O)CC(N)=O)CC2=O. The molecule has 3 rings (SSSR count). The van der Waals surface area contributed by atoms with E-state index in [1.165, 1.54) is 12.8 Å². The highest BCUT2D eigenvalue weighted by Crippen LogP contribution is 2.43. The maximum absolute atomic E-state index is 13.4. The number of carbonyl (C=O) groups is 3. The molecule has 0 unspecified atom stereocenters. The second kappa shape index (κ2) is 12.3. The fraction of sp³-hybridized carbons (Fsp3) is 0.667. The molecule has 10 nitrogen and oxygen atoms in total. The number of hydrogen-bond acceptors (Lipinski definition) is 9. The van der Waals surface area contributed by atoms with Crippen LogP contribution >= 0.6 is 0 Å². The van der Waals surface area contributed by atoms with E-state index in [4.69, 9.17) is 5.73 Å². The lowest BCUT2D eigenvalue weighted by Gasteiger charge is -2.37. The van der Waals surface area contributed by atoms with Crippen LogP contribution in [0.1, 0.15) is 72.9 Å². The van der Waals surface area contributed by atoms with E-state index in [0.29, 0.717) is 35.7 Å². The third-order valence-electron chi connectivity index (χ3n) is 7.96. The topological polar surface area (TPSA) is 173 Å². The van der Waals surface area contributed by atoms with E-state index < -0.39 is 36.2 Å². The van der Waals surface area contributed by atoms with Crippen molar-refractivity contribution in [1.29, 1.82) is 0 Å². The molecule has 1 fully saturated rings. The van der Waals surface area contributed by atoms with Gasteiger partial charge in [0.05, 0.1) is 18.6 Å². The van der Waals surface area contributed by atoms with E-state index in [9.17, 15) is 34.8 Å². The zero-order chi connectivity index (χ0) is 27.3. The molecule has 1 saturated carbocycles. The number of Topliss-reactive ketones (excluding diaryl/α,β-unsaturated/α-hetero) is 2. The zero-order valence-corrected chi connectivity index (χ0v) is 21.8. The minimum atomic E-state index is -2.26. The molecule has 10 heteroatoms. The summed E-state index contributed by atoms with van der Waals surface area (Å²) in [6.45, 7) is -0.817. The number of carbonyl (C=O) groups excluding carboxylic acids is 3. The Hall–Kier alpha value is -2.53. The molecule has 7 N–H and O–H groups in total. The fourth-order valence-corrected chi connectivity index (χ4v) is 5.93. The van der Waals surface area contributed by atoms with Crippen LogP contribution in [-0.4, -0.2) is 76.9 Å². The van der Waals surface area contributed by atoms with Gasteiger partial charge in [-0.05, 0) is 55.6 Å². The Bertz CT molecular complexity index is 1010. The van der Waals surface area contributed by atoms with Crippen molar-refractivity contribution >= 4 is 23.2 Å². The molecule has 37 heavy (non-hydrogen) atoms. The number of anilines is 1. The van der Waals surface area contributed by atoms with E-state index >= 15 is 0 Å². The molecule has 0 radical (unpaired) electrons. The predicted molar refractivity (Wildman–Crippen MR) is 138 cm³/mol. The molecule has 0 heterocycles. The van der Waals surface area contributed by atoms with Crippen LogP contribution in [0.5, 0.6) is 5.75 Å². The van der Waals surface area contributed by atoms with E-state index in [1.54, 1.807) is 0 Å². The van der Waals surface area contributed by atoms with Gasteiger partial charge in [-0.25, -0.2) is 0 Å². The van der Waals surface area contributed by atoms with Crippen LogP contribution in [0.2, 0.25) is 0 Å². The molecular formula is C27H41N3O7. The molecule has 206 valence electrons.